The largest absolute Gasteiger partial charge is 0.452 e. The van der Waals surface area contributed by atoms with E-state index in [1.165, 1.54) is 50.5 Å². The molecule has 0 aliphatic rings. The molecular formula is C17H16ClN3O7S. The zero-order valence-electron chi connectivity index (χ0n) is 15.3. The Labute approximate surface area is 171 Å². The SMILES string of the molecule is CN(C)S(=O)(=O)c1ccc(Cl)c(C(=O)OCC(=O)Nc2ccccc2[N+](=O)[O-])c1. The van der Waals surface area contributed by atoms with E-state index in [0.717, 1.165) is 10.4 Å². The van der Waals surface area contributed by atoms with Crippen molar-refractivity contribution >= 4 is 44.9 Å². The maximum Gasteiger partial charge on any atom is 0.340 e. The summed E-state index contributed by atoms with van der Waals surface area (Å²) in [5, 5.41) is 13.2. The van der Waals surface area contributed by atoms with Gasteiger partial charge in [-0.15, -0.1) is 0 Å². The molecule has 10 nitrogen and oxygen atoms in total. The molecule has 0 aliphatic carbocycles. The summed E-state index contributed by atoms with van der Waals surface area (Å²) in [5.41, 5.74) is -0.624. The first-order valence-electron chi connectivity index (χ1n) is 7.96. The zero-order valence-corrected chi connectivity index (χ0v) is 16.9. The smallest absolute Gasteiger partial charge is 0.340 e. The first-order valence-corrected chi connectivity index (χ1v) is 9.78. The van der Waals surface area contributed by atoms with Gasteiger partial charge in [0.1, 0.15) is 5.69 Å². The summed E-state index contributed by atoms with van der Waals surface area (Å²) in [5.74, 6) is -1.84. The molecule has 0 unspecified atom stereocenters. The van der Waals surface area contributed by atoms with Crippen molar-refractivity contribution in [3.8, 4) is 0 Å². The first-order chi connectivity index (χ1) is 13.5. The Morgan fingerprint density at radius 2 is 1.86 bits per heavy atom. The van der Waals surface area contributed by atoms with Gasteiger partial charge < -0.3 is 10.1 Å². The van der Waals surface area contributed by atoms with E-state index < -0.39 is 33.4 Å². The fraction of sp³-hybridized carbons (Fsp3) is 0.176. The van der Waals surface area contributed by atoms with E-state index in [2.05, 4.69) is 5.32 Å². The number of nitro benzene ring substituents is 1. The van der Waals surface area contributed by atoms with Crippen molar-refractivity contribution in [1.29, 1.82) is 0 Å². The van der Waals surface area contributed by atoms with Crippen molar-refractivity contribution < 1.29 is 27.7 Å². The maximum atomic E-state index is 12.2. The average Bonchev–Trinajstić information content (AvgIpc) is 2.66. The van der Waals surface area contributed by atoms with E-state index in [9.17, 15) is 28.1 Å². The molecule has 2 aromatic rings. The monoisotopic (exact) mass is 441 g/mol. The van der Waals surface area contributed by atoms with Gasteiger partial charge in [-0.1, -0.05) is 23.7 Å². The van der Waals surface area contributed by atoms with Gasteiger partial charge >= 0.3 is 5.97 Å². The molecule has 0 saturated heterocycles. The summed E-state index contributed by atoms with van der Waals surface area (Å²) >= 11 is 5.94. The van der Waals surface area contributed by atoms with Crippen LogP contribution in [0.2, 0.25) is 5.02 Å². The van der Waals surface area contributed by atoms with Crippen LogP contribution in [0, 0.1) is 10.1 Å². The number of esters is 1. The van der Waals surface area contributed by atoms with Crippen LogP contribution >= 0.6 is 11.6 Å². The molecule has 0 atom stereocenters. The number of carbonyl (C=O) groups is 2. The van der Waals surface area contributed by atoms with Crippen molar-refractivity contribution in [1.82, 2.24) is 4.31 Å². The molecule has 0 aliphatic heterocycles. The molecular weight excluding hydrogens is 426 g/mol. The third-order valence-electron chi connectivity index (χ3n) is 3.65. The maximum absolute atomic E-state index is 12.2. The van der Waals surface area contributed by atoms with Gasteiger partial charge in [0.15, 0.2) is 6.61 Å². The lowest BCUT2D eigenvalue weighted by Crippen LogP contribution is -2.23. The minimum atomic E-state index is -3.81. The van der Waals surface area contributed by atoms with E-state index in [4.69, 9.17) is 16.3 Å². The highest BCUT2D eigenvalue weighted by Crippen LogP contribution is 2.24. The van der Waals surface area contributed by atoms with Crippen molar-refractivity contribution in [3.63, 3.8) is 0 Å². The number of nitrogens with zero attached hydrogens (tertiary/aromatic N) is 2. The van der Waals surface area contributed by atoms with E-state index in [1.807, 2.05) is 0 Å². The summed E-state index contributed by atoms with van der Waals surface area (Å²) in [6, 6.07) is 8.95. The number of sulfonamides is 1. The lowest BCUT2D eigenvalue weighted by atomic mass is 10.2. The summed E-state index contributed by atoms with van der Waals surface area (Å²) in [7, 11) is -1.15. The number of amides is 1. The van der Waals surface area contributed by atoms with Gasteiger partial charge in [-0.3, -0.25) is 14.9 Å². The molecule has 0 heterocycles. The number of nitrogens with one attached hydrogen (secondary N) is 1. The lowest BCUT2D eigenvalue weighted by molar-refractivity contribution is -0.383. The standard InChI is InChI=1S/C17H16ClN3O7S/c1-20(2)29(26,27)11-7-8-13(18)12(9-11)17(23)28-10-16(22)19-14-5-3-4-6-15(14)21(24)25/h3-9H,10H2,1-2H3,(H,19,22). The van der Waals surface area contributed by atoms with Gasteiger partial charge in [-0.2, -0.15) is 0 Å². The van der Waals surface area contributed by atoms with Crippen LogP contribution in [-0.4, -0.2) is 50.2 Å². The summed E-state index contributed by atoms with van der Waals surface area (Å²) in [4.78, 5) is 34.3. The molecule has 0 bridgehead atoms. The topological polar surface area (TPSA) is 136 Å². The molecule has 0 radical (unpaired) electrons. The molecule has 1 amide bonds. The van der Waals surface area contributed by atoms with Crippen molar-refractivity contribution in [3.05, 3.63) is 63.2 Å². The number of carbonyl (C=O) groups excluding carboxylic acids is 2. The Morgan fingerprint density at radius 3 is 2.48 bits per heavy atom. The van der Waals surface area contributed by atoms with E-state index >= 15 is 0 Å². The average molecular weight is 442 g/mol. The minimum Gasteiger partial charge on any atom is -0.452 e. The van der Waals surface area contributed by atoms with Crippen LogP contribution in [0.25, 0.3) is 0 Å². The third kappa shape index (κ3) is 5.28. The lowest BCUT2D eigenvalue weighted by Gasteiger charge is -2.13. The fourth-order valence-electron chi connectivity index (χ4n) is 2.17. The Bertz CT molecular complexity index is 1070. The van der Waals surface area contributed by atoms with Gasteiger partial charge in [0.05, 0.1) is 20.4 Å². The van der Waals surface area contributed by atoms with Crippen molar-refractivity contribution in [2.24, 2.45) is 0 Å². The highest BCUT2D eigenvalue weighted by Gasteiger charge is 2.22. The van der Waals surface area contributed by atoms with Gasteiger partial charge in [0.2, 0.25) is 10.0 Å². The Balaban J connectivity index is 2.12. The second-order valence-electron chi connectivity index (χ2n) is 5.83. The predicted molar refractivity (Wildman–Crippen MR) is 104 cm³/mol. The molecule has 0 spiro atoms. The molecule has 0 aromatic heterocycles. The van der Waals surface area contributed by atoms with Crippen molar-refractivity contribution in [2.75, 3.05) is 26.0 Å². The van der Waals surface area contributed by atoms with E-state index in [1.54, 1.807) is 0 Å². The van der Waals surface area contributed by atoms with Gasteiger partial charge in [-0.05, 0) is 24.3 Å². The normalized spacial score (nSPS) is 11.2. The second-order valence-corrected chi connectivity index (χ2v) is 8.39. The zero-order chi connectivity index (χ0) is 21.8. The number of hydrogen-bond donors (Lipinski definition) is 1. The first kappa shape index (κ1) is 22.3. The highest BCUT2D eigenvalue weighted by molar-refractivity contribution is 7.89. The van der Waals surface area contributed by atoms with Crippen LogP contribution in [0.1, 0.15) is 10.4 Å². The summed E-state index contributed by atoms with van der Waals surface area (Å²) < 4.78 is 30.2. The molecule has 2 aromatic carbocycles. The molecule has 1 N–H and O–H groups in total. The summed E-state index contributed by atoms with van der Waals surface area (Å²) in [6.07, 6.45) is 0. The van der Waals surface area contributed by atoms with Crippen LogP contribution in [-0.2, 0) is 19.6 Å². The summed E-state index contributed by atoms with van der Waals surface area (Å²) in [6.45, 7) is -0.758. The number of halogens is 1. The highest BCUT2D eigenvalue weighted by atomic mass is 35.5. The molecule has 29 heavy (non-hydrogen) atoms. The number of benzene rings is 2. The van der Waals surface area contributed by atoms with Gasteiger partial charge in [0, 0.05) is 20.2 Å². The molecule has 2 rings (SSSR count). The molecule has 154 valence electrons. The van der Waals surface area contributed by atoms with Gasteiger partial charge in [-0.25, -0.2) is 17.5 Å². The number of para-hydroxylation sites is 2. The molecule has 0 saturated carbocycles. The second kappa shape index (κ2) is 8.99. The van der Waals surface area contributed by atoms with E-state index in [-0.39, 0.29) is 26.9 Å². The number of nitro groups is 1. The Hall–Kier alpha value is -3.02. The van der Waals surface area contributed by atoms with Crippen LogP contribution < -0.4 is 5.32 Å². The quantitative estimate of drug-likeness (QED) is 0.395. The third-order valence-corrected chi connectivity index (χ3v) is 5.79. The number of ether oxygens (including phenoxy) is 1. The molecule has 12 heteroatoms. The number of anilines is 1. The van der Waals surface area contributed by atoms with Gasteiger partial charge in [0.25, 0.3) is 11.6 Å². The fourth-order valence-corrected chi connectivity index (χ4v) is 3.29. The van der Waals surface area contributed by atoms with E-state index in [0.29, 0.717) is 0 Å². The predicted octanol–water partition coefficient (Wildman–Crippen LogP) is 2.29. The van der Waals surface area contributed by atoms with Crippen LogP contribution in [0.15, 0.2) is 47.4 Å². The Morgan fingerprint density at radius 1 is 1.21 bits per heavy atom. The number of rotatable bonds is 7. The minimum absolute atomic E-state index is 0.0596. The van der Waals surface area contributed by atoms with Crippen LogP contribution in [0.5, 0.6) is 0 Å². The Kier molecular flexibility index (Phi) is 6.90. The van der Waals surface area contributed by atoms with Crippen LogP contribution in [0.4, 0.5) is 11.4 Å². The number of hydrogen-bond acceptors (Lipinski definition) is 7. The van der Waals surface area contributed by atoms with Crippen LogP contribution in [0.3, 0.4) is 0 Å². The van der Waals surface area contributed by atoms with Crippen molar-refractivity contribution in [2.45, 2.75) is 4.90 Å². The molecule has 0 fully saturated rings.